The Morgan fingerprint density at radius 3 is 2.42 bits per heavy atom. The Kier molecular flexibility index (Phi) is 7.04. The van der Waals surface area contributed by atoms with Crippen LogP contribution in [0.5, 0.6) is 0 Å². The number of hydrogen-bond acceptors (Lipinski definition) is 2. The molecule has 1 N–H and O–H groups in total. The third-order valence-electron chi connectivity index (χ3n) is 2.99. The zero-order chi connectivity index (χ0) is 14.3. The van der Waals surface area contributed by atoms with Crippen molar-refractivity contribution in [1.82, 2.24) is 4.72 Å². The highest BCUT2D eigenvalue weighted by atomic mass is 79.9. The van der Waals surface area contributed by atoms with Gasteiger partial charge in [-0.1, -0.05) is 45.2 Å². The molecule has 0 fully saturated rings. The van der Waals surface area contributed by atoms with Gasteiger partial charge in [0, 0.05) is 10.5 Å². The Hall–Kier alpha value is -0.390. The van der Waals surface area contributed by atoms with Crippen LogP contribution in [0.2, 0.25) is 0 Å². The van der Waals surface area contributed by atoms with E-state index in [9.17, 15) is 8.42 Å². The summed E-state index contributed by atoms with van der Waals surface area (Å²) in [6.45, 7) is 4.19. The lowest BCUT2D eigenvalue weighted by Gasteiger charge is -2.18. The van der Waals surface area contributed by atoms with E-state index in [1.165, 1.54) is 0 Å². The van der Waals surface area contributed by atoms with Gasteiger partial charge in [0.2, 0.25) is 10.0 Å². The summed E-state index contributed by atoms with van der Waals surface area (Å²) in [5.41, 5.74) is 0. The van der Waals surface area contributed by atoms with Crippen LogP contribution in [0.4, 0.5) is 0 Å². The van der Waals surface area contributed by atoms with Gasteiger partial charge in [-0.05, 0) is 40.9 Å². The van der Waals surface area contributed by atoms with Crippen LogP contribution in [0, 0.1) is 0 Å². The molecule has 108 valence electrons. The molecule has 3 nitrogen and oxygen atoms in total. The standard InChI is InChI=1S/C14H22BrNO2S/c1-3-5-9-12(8-4-2)16-19(17,18)14-11-7-6-10-13(14)15/h6-7,10-12,16H,3-5,8-9H2,1-2H3. The number of hydrogen-bond donors (Lipinski definition) is 1. The highest BCUT2D eigenvalue weighted by Gasteiger charge is 2.21. The van der Waals surface area contributed by atoms with E-state index in [2.05, 4.69) is 34.5 Å². The van der Waals surface area contributed by atoms with Gasteiger partial charge in [0.1, 0.15) is 0 Å². The fourth-order valence-electron chi connectivity index (χ4n) is 2.01. The Morgan fingerprint density at radius 2 is 1.84 bits per heavy atom. The van der Waals surface area contributed by atoms with Crippen LogP contribution in [-0.4, -0.2) is 14.5 Å². The summed E-state index contributed by atoms with van der Waals surface area (Å²) in [6.07, 6.45) is 4.88. The maximum absolute atomic E-state index is 12.4. The lowest BCUT2D eigenvalue weighted by Crippen LogP contribution is -2.34. The predicted octanol–water partition coefficient (Wildman–Crippen LogP) is 4.09. The normalized spacial score (nSPS) is 13.4. The first-order chi connectivity index (χ1) is 9.01. The van der Waals surface area contributed by atoms with Crippen LogP contribution in [0.3, 0.4) is 0 Å². The van der Waals surface area contributed by atoms with Crippen molar-refractivity contribution in [3.8, 4) is 0 Å². The van der Waals surface area contributed by atoms with Crippen molar-refractivity contribution in [3.05, 3.63) is 28.7 Å². The maximum Gasteiger partial charge on any atom is 0.241 e. The average Bonchev–Trinajstić information content (AvgIpc) is 2.36. The minimum atomic E-state index is -3.44. The van der Waals surface area contributed by atoms with E-state index >= 15 is 0 Å². The molecule has 0 aromatic heterocycles. The SMILES string of the molecule is CCCCC(CCC)NS(=O)(=O)c1ccccc1Br. The third kappa shape index (κ3) is 5.24. The molecule has 0 bridgehead atoms. The highest BCUT2D eigenvalue weighted by Crippen LogP contribution is 2.22. The van der Waals surface area contributed by atoms with Crippen molar-refractivity contribution >= 4 is 26.0 Å². The molecule has 0 radical (unpaired) electrons. The first-order valence-electron chi connectivity index (χ1n) is 6.78. The summed E-state index contributed by atoms with van der Waals surface area (Å²) in [5, 5.41) is 0. The second-order valence-corrected chi connectivity index (χ2v) is 7.22. The Labute approximate surface area is 125 Å². The van der Waals surface area contributed by atoms with Crippen molar-refractivity contribution in [2.75, 3.05) is 0 Å². The molecule has 1 atom stereocenters. The first kappa shape index (κ1) is 16.7. The number of sulfonamides is 1. The van der Waals surface area contributed by atoms with E-state index in [-0.39, 0.29) is 6.04 Å². The fraction of sp³-hybridized carbons (Fsp3) is 0.571. The molecule has 0 aliphatic heterocycles. The zero-order valence-corrected chi connectivity index (χ0v) is 13.9. The molecule has 0 spiro atoms. The summed E-state index contributed by atoms with van der Waals surface area (Å²) >= 11 is 3.29. The van der Waals surface area contributed by atoms with Crippen molar-refractivity contribution < 1.29 is 8.42 Å². The summed E-state index contributed by atoms with van der Waals surface area (Å²) in [6, 6.07) is 6.94. The molecule has 1 unspecified atom stereocenters. The zero-order valence-electron chi connectivity index (χ0n) is 11.5. The third-order valence-corrected chi connectivity index (χ3v) is 5.52. The van der Waals surface area contributed by atoms with Gasteiger partial charge in [0.15, 0.2) is 0 Å². The molecule has 1 aromatic rings. The van der Waals surface area contributed by atoms with Crippen LogP contribution in [-0.2, 0) is 10.0 Å². The largest absolute Gasteiger partial charge is 0.241 e. The quantitative estimate of drug-likeness (QED) is 0.769. The highest BCUT2D eigenvalue weighted by molar-refractivity contribution is 9.10. The van der Waals surface area contributed by atoms with E-state index in [1.807, 2.05) is 6.07 Å². The molecular formula is C14H22BrNO2S. The lowest BCUT2D eigenvalue weighted by molar-refractivity contribution is 0.483. The molecule has 0 saturated carbocycles. The average molecular weight is 348 g/mol. The van der Waals surface area contributed by atoms with Crippen LogP contribution >= 0.6 is 15.9 Å². The molecule has 0 saturated heterocycles. The van der Waals surface area contributed by atoms with E-state index in [0.29, 0.717) is 9.37 Å². The van der Waals surface area contributed by atoms with Crippen LogP contribution in [0.25, 0.3) is 0 Å². The van der Waals surface area contributed by atoms with Crippen molar-refractivity contribution in [2.45, 2.75) is 56.9 Å². The molecular weight excluding hydrogens is 326 g/mol. The molecule has 0 aliphatic rings. The monoisotopic (exact) mass is 347 g/mol. The van der Waals surface area contributed by atoms with Gasteiger partial charge in [0.05, 0.1) is 4.90 Å². The Bertz CT molecular complexity index is 488. The topological polar surface area (TPSA) is 46.2 Å². The lowest BCUT2D eigenvalue weighted by atomic mass is 10.1. The molecule has 5 heteroatoms. The van der Waals surface area contributed by atoms with E-state index in [4.69, 9.17) is 0 Å². The molecule has 1 aromatic carbocycles. The number of rotatable bonds is 8. The fourth-order valence-corrected chi connectivity index (χ4v) is 4.31. The van der Waals surface area contributed by atoms with Crippen LogP contribution in [0.15, 0.2) is 33.6 Å². The predicted molar refractivity (Wildman–Crippen MR) is 82.7 cm³/mol. The molecule has 0 aliphatic carbocycles. The van der Waals surface area contributed by atoms with Crippen LogP contribution < -0.4 is 4.72 Å². The molecule has 0 heterocycles. The van der Waals surface area contributed by atoms with Gasteiger partial charge < -0.3 is 0 Å². The van der Waals surface area contributed by atoms with Gasteiger partial charge in [-0.15, -0.1) is 0 Å². The Morgan fingerprint density at radius 1 is 1.16 bits per heavy atom. The van der Waals surface area contributed by atoms with Gasteiger partial charge in [-0.2, -0.15) is 0 Å². The Balaban J connectivity index is 2.85. The van der Waals surface area contributed by atoms with Crippen LogP contribution in [0.1, 0.15) is 46.0 Å². The van der Waals surface area contributed by atoms with E-state index in [1.54, 1.807) is 18.2 Å². The summed E-state index contributed by atoms with van der Waals surface area (Å²) in [7, 11) is -3.44. The van der Waals surface area contributed by atoms with Crippen molar-refractivity contribution in [1.29, 1.82) is 0 Å². The van der Waals surface area contributed by atoms with Gasteiger partial charge in [-0.3, -0.25) is 0 Å². The van der Waals surface area contributed by atoms with Gasteiger partial charge in [0.25, 0.3) is 0 Å². The number of nitrogens with one attached hydrogen (secondary N) is 1. The molecule has 0 amide bonds. The second-order valence-electron chi connectivity index (χ2n) is 4.68. The van der Waals surface area contributed by atoms with Crippen molar-refractivity contribution in [2.24, 2.45) is 0 Å². The summed E-state index contributed by atoms with van der Waals surface area (Å²) < 4.78 is 28.2. The summed E-state index contributed by atoms with van der Waals surface area (Å²) in [5.74, 6) is 0. The number of halogens is 1. The number of benzene rings is 1. The van der Waals surface area contributed by atoms with Gasteiger partial charge >= 0.3 is 0 Å². The smallest absolute Gasteiger partial charge is 0.208 e. The minimum absolute atomic E-state index is 0.0297. The molecule has 19 heavy (non-hydrogen) atoms. The number of unbranched alkanes of at least 4 members (excludes halogenated alkanes) is 1. The van der Waals surface area contributed by atoms with E-state index < -0.39 is 10.0 Å². The second kappa shape index (κ2) is 8.02. The molecule has 1 rings (SSSR count). The summed E-state index contributed by atoms with van der Waals surface area (Å²) in [4.78, 5) is 0.313. The minimum Gasteiger partial charge on any atom is -0.208 e. The van der Waals surface area contributed by atoms with Gasteiger partial charge in [-0.25, -0.2) is 13.1 Å². The first-order valence-corrected chi connectivity index (χ1v) is 9.05. The van der Waals surface area contributed by atoms with E-state index in [0.717, 1.165) is 32.1 Å². The maximum atomic E-state index is 12.4. The van der Waals surface area contributed by atoms with Crippen molar-refractivity contribution in [3.63, 3.8) is 0 Å².